The normalized spacial score (nSPS) is 20.7. The van der Waals surface area contributed by atoms with Gasteiger partial charge in [0.25, 0.3) is 0 Å². The number of anilines is 1. The lowest BCUT2D eigenvalue weighted by Gasteiger charge is -2.08. The number of sulfone groups is 1. The smallest absolute Gasteiger partial charge is 0.348 e. The Morgan fingerprint density at radius 2 is 2.25 bits per heavy atom. The van der Waals surface area contributed by atoms with E-state index in [1.54, 1.807) is 5.38 Å². The molecule has 1 amide bonds. The third-order valence-electron chi connectivity index (χ3n) is 2.77. The van der Waals surface area contributed by atoms with Crippen LogP contribution < -0.4 is 5.32 Å². The molecule has 0 saturated carbocycles. The van der Waals surface area contributed by atoms with Crippen molar-refractivity contribution < 1.29 is 23.1 Å². The Kier molecular flexibility index (Phi) is 4.71. The van der Waals surface area contributed by atoms with Crippen molar-refractivity contribution in [3.8, 4) is 0 Å². The number of carboxylic acids is 1. The second-order valence-corrected chi connectivity index (χ2v) is 8.79. The number of thioether (sulfide) groups is 1. The fraction of sp³-hybridized carbons (Fsp3) is 0.455. The van der Waals surface area contributed by atoms with Crippen molar-refractivity contribution >= 4 is 50.5 Å². The summed E-state index contributed by atoms with van der Waals surface area (Å²) in [7, 11) is -2.94. The topological polar surface area (TPSA) is 101 Å². The number of aromatic carboxylic acids is 1. The van der Waals surface area contributed by atoms with Gasteiger partial charge in [-0.25, -0.2) is 13.2 Å². The zero-order valence-electron chi connectivity index (χ0n) is 10.4. The minimum atomic E-state index is -2.94. The number of rotatable bonds is 5. The minimum Gasteiger partial charge on any atom is -0.477 e. The molecular weight excluding hydrogens is 322 g/mol. The van der Waals surface area contributed by atoms with Crippen molar-refractivity contribution in [1.82, 2.24) is 0 Å². The summed E-state index contributed by atoms with van der Waals surface area (Å²) < 4.78 is 22.6. The van der Waals surface area contributed by atoms with Crippen LogP contribution >= 0.6 is 23.1 Å². The van der Waals surface area contributed by atoms with E-state index in [0.29, 0.717) is 6.42 Å². The molecule has 110 valence electrons. The Morgan fingerprint density at radius 3 is 2.85 bits per heavy atom. The van der Waals surface area contributed by atoms with Crippen molar-refractivity contribution in [1.29, 1.82) is 0 Å². The first-order chi connectivity index (χ1) is 9.37. The SMILES string of the molecule is O=C(CSC1CCS(=O)(=O)C1)Nc1ccsc1C(=O)O. The van der Waals surface area contributed by atoms with E-state index in [4.69, 9.17) is 5.11 Å². The van der Waals surface area contributed by atoms with Crippen LogP contribution in [0.15, 0.2) is 11.4 Å². The van der Waals surface area contributed by atoms with E-state index in [0.717, 1.165) is 11.3 Å². The fourth-order valence-corrected chi connectivity index (χ4v) is 5.98. The Labute approximate surface area is 124 Å². The lowest BCUT2D eigenvalue weighted by Crippen LogP contribution is -2.18. The van der Waals surface area contributed by atoms with Gasteiger partial charge in [0.15, 0.2) is 9.84 Å². The molecule has 1 unspecified atom stereocenters. The third-order valence-corrected chi connectivity index (χ3v) is 6.96. The van der Waals surface area contributed by atoms with E-state index in [2.05, 4.69) is 5.32 Å². The van der Waals surface area contributed by atoms with E-state index in [-0.39, 0.29) is 39.0 Å². The second-order valence-electron chi connectivity index (χ2n) is 4.35. The highest BCUT2D eigenvalue weighted by Crippen LogP contribution is 2.25. The molecule has 1 aliphatic heterocycles. The molecule has 9 heteroatoms. The van der Waals surface area contributed by atoms with Gasteiger partial charge < -0.3 is 10.4 Å². The summed E-state index contributed by atoms with van der Waals surface area (Å²) in [6.45, 7) is 0. The van der Waals surface area contributed by atoms with Crippen LogP contribution in [0.1, 0.15) is 16.1 Å². The zero-order valence-corrected chi connectivity index (χ0v) is 12.8. The van der Waals surface area contributed by atoms with Crippen LogP contribution in [-0.4, -0.2) is 47.9 Å². The number of amides is 1. The monoisotopic (exact) mass is 335 g/mol. The van der Waals surface area contributed by atoms with Gasteiger partial charge in [-0.1, -0.05) is 0 Å². The molecule has 2 rings (SSSR count). The molecule has 1 atom stereocenters. The highest BCUT2D eigenvalue weighted by atomic mass is 32.2. The molecule has 1 saturated heterocycles. The molecule has 1 aromatic rings. The number of nitrogens with one attached hydrogen (secondary N) is 1. The molecular formula is C11H13NO5S3. The maximum atomic E-state index is 11.7. The lowest BCUT2D eigenvalue weighted by molar-refractivity contribution is -0.113. The summed E-state index contributed by atoms with van der Waals surface area (Å²) in [6.07, 6.45) is 0.569. The molecule has 1 aromatic heterocycles. The highest BCUT2D eigenvalue weighted by molar-refractivity contribution is 8.02. The number of hydrogen-bond acceptors (Lipinski definition) is 6. The predicted octanol–water partition coefficient (Wildman–Crippen LogP) is 1.31. The molecule has 0 aromatic carbocycles. The maximum Gasteiger partial charge on any atom is 0.348 e. The zero-order chi connectivity index (χ0) is 14.8. The maximum absolute atomic E-state index is 11.7. The molecule has 0 bridgehead atoms. The van der Waals surface area contributed by atoms with Gasteiger partial charge in [0, 0.05) is 5.25 Å². The second kappa shape index (κ2) is 6.15. The van der Waals surface area contributed by atoms with Crippen molar-refractivity contribution in [3.63, 3.8) is 0 Å². The number of carboxylic acid groups (broad SMARTS) is 1. The van der Waals surface area contributed by atoms with Crippen molar-refractivity contribution in [2.75, 3.05) is 22.6 Å². The first kappa shape index (κ1) is 15.3. The highest BCUT2D eigenvalue weighted by Gasteiger charge is 2.28. The van der Waals surface area contributed by atoms with Crippen molar-refractivity contribution in [2.45, 2.75) is 11.7 Å². The van der Waals surface area contributed by atoms with Gasteiger partial charge in [-0.2, -0.15) is 0 Å². The van der Waals surface area contributed by atoms with Crippen LogP contribution in [0.4, 0.5) is 5.69 Å². The molecule has 2 N–H and O–H groups in total. The van der Waals surface area contributed by atoms with Crippen LogP contribution in [0.25, 0.3) is 0 Å². The van der Waals surface area contributed by atoms with Gasteiger partial charge in [-0.3, -0.25) is 4.79 Å². The molecule has 20 heavy (non-hydrogen) atoms. The first-order valence-electron chi connectivity index (χ1n) is 5.80. The lowest BCUT2D eigenvalue weighted by atomic mass is 10.4. The fourth-order valence-electron chi connectivity index (χ4n) is 1.85. The molecule has 6 nitrogen and oxygen atoms in total. The van der Waals surface area contributed by atoms with Gasteiger partial charge in [-0.05, 0) is 17.9 Å². The number of carbonyl (C=O) groups is 2. The number of hydrogen-bond donors (Lipinski definition) is 2. The van der Waals surface area contributed by atoms with Gasteiger partial charge in [0.2, 0.25) is 5.91 Å². The van der Waals surface area contributed by atoms with E-state index in [1.807, 2.05) is 0 Å². The van der Waals surface area contributed by atoms with Crippen LogP contribution in [0.3, 0.4) is 0 Å². The Bertz CT molecular complexity index is 622. The predicted molar refractivity (Wildman–Crippen MR) is 79.4 cm³/mol. The van der Waals surface area contributed by atoms with E-state index >= 15 is 0 Å². The molecule has 0 spiro atoms. The third kappa shape index (κ3) is 3.97. The Hall–Kier alpha value is -1.06. The number of thiophene rings is 1. The van der Waals surface area contributed by atoms with Crippen LogP contribution in [-0.2, 0) is 14.6 Å². The van der Waals surface area contributed by atoms with E-state index in [1.165, 1.54) is 17.8 Å². The molecule has 2 heterocycles. The summed E-state index contributed by atoms with van der Waals surface area (Å²) in [6, 6.07) is 1.54. The van der Waals surface area contributed by atoms with Crippen LogP contribution in [0.2, 0.25) is 0 Å². The minimum absolute atomic E-state index is 0.0489. The summed E-state index contributed by atoms with van der Waals surface area (Å²) >= 11 is 2.34. The van der Waals surface area contributed by atoms with Crippen LogP contribution in [0, 0.1) is 0 Å². The largest absolute Gasteiger partial charge is 0.477 e. The Balaban J connectivity index is 1.84. The summed E-state index contributed by atoms with van der Waals surface area (Å²) in [5.74, 6) is -0.983. The van der Waals surface area contributed by atoms with E-state index in [9.17, 15) is 18.0 Å². The first-order valence-corrected chi connectivity index (χ1v) is 9.55. The quantitative estimate of drug-likeness (QED) is 0.841. The molecule has 1 aliphatic rings. The standard InChI is InChI=1S/C11H13NO5S3/c13-9(5-19-7-2-4-20(16,17)6-7)12-8-1-3-18-10(8)11(14)15/h1,3,7H,2,4-6H2,(H,12,13)(H,14,15). The van der Waals surface area contributed by atoms with Gasteiger partial charge >= 0.3 is 5.97 Å². The molecule has 0 aliphatic carbocycles. The van der Waals surface area contributed by atoms with Gasteiger partial charge in [0.05, 0.1) is 22.9 Å². The van der Waals surface area contributed by atoms with Crippen molar-refractivity contribution in [3.05, 3.63) is 16.3 Å². The molecule has 1 fully saturated rings. The van der Waals surface area contributed by atoms with Crippen LogP contribution in [0.5, 0.6) is 0 Å². The summed E-state index contributed by atoms with van der Waals surface area (Å²) in [5.41, 5.74) is 0.284. The Morgan fingerprint density at radius 1 is 1.50 bits per heavy atom. The average molecular weight is 335 g/mol. The van der Waals surface area contributed by atoms with E-state index < -0.39 is 15.8 Å². The van der Waals surface area contributed by atoms with Gasteiger partial charge in [-0.15, -0.1) is 23.1 Å². The average Bonchev–Trinajstić information content (AvgIpc) is 2.93. The number of carbonyl (C=O) groups excluding carboxylic acids is 1. The summed E-state index contributed by atoms with van der Waals surface area (Å²) in [4.78, 5) is 22.7. The summed E-state index contributed by atoms with van der Waals surface area (Å²) in [5, 5.41) is 13.0. The van der Waals surface area contributed by atoms with Crippen molar-refractivity contribution in [2.24, 2.45) is 0 Å². The molecule has 0 radical (unpaired) electrons. The van der Waals surface area contributed by atoms with Gasteiger partial charge in [0.1, 0.15) is 4.88 Å².